The fourth-order valence-corrected chi connectivity index (χ4v) is 1.38. The lowest BCUT2D eigenvalue weighted by atomic mass is 9.88. The normalized spacial score (nSPS) is 14.4. The summed E-state index contributed by atoms with van der Waals surface area (Å²) in [5, 5.41) is 14.0. The maximum atomic E-state index is 10.9. The predicted molar refractivity (Wildman–Crippen MR) is 66.8 cm³/mol. The molecule has 1 atom stereocenters. The fourth-order valence-electron chi connectivity index (χ4n) is 1.38. The molecule has 0 aromatic carbocycles. The topological polar surface area (TPSA) is 94.1 Å². The molecule has 0 aliphatic carbocycles. The van der Waals surface area contributed by atoms with E-state index in [0.717, 1.165) is 0 Å². The Morgan fingerprint density at radius 2 is 2.29 bits per heavy atom. The van der Waals surface area contributed by atoms with Crippen molar-refractivity contribution in [1.29, 1.82) is 0 Å². The lowest BCUT2D eigenvalue weighted by molar-refractivity contribution is -0.384. The van der Waals surface area contributed by atoms with Gasteiger partial charge in [-0.3, -0.25) is 15.1 Å². The van der Waals surface area contributed by atoms with Crippen LogP contribution in [0.15, 0.2) is 18.5 Å². The van der Waals surface area contributed by atoms with Gasteiger partial charge in [-0.15, -0.1) is 0 Å². The van der Waals surface area contributed by atoms with Gasteiger partial charge >= 0.3 is 5.69 Å². The lowest BCUT2D eigenvalue weighted by Crippen LogP contribution is -2.47. The van der Waals surface area contributed by atoms with E-state index in [1.54, 1.807) is 6.07 Å². The number of nitrogens with two attached hydrogens (primary N) is 1. The van der Waals surface area contributed by atoms with Crippen molar-refractivity contribution in [3.63, 3.8) is 0 Å². The third kappa shape index (κ3) is 2.91. The number of anilines is 1. The van der Waals surface area contributed by atoms with Crippen LogP contribution in [0.25, 0.3) is 0 Å². The van der Waals surface area contributed by atoms with Gasteiger partial charge in [0.15, 0.2) is 0 Å². The van der Waals surface area contributed by atoms with Crippen LogP contribution in [-0.2, 0) is 0 Å². The van der Waals surface area contributed by atoms with Crippen molar-refractivity contribution in [2.45, 2.75) is 26.3 Å². The number of pyridine rings is 1. The van der Waals surface area contributed by atoms with Crippen molar-refractivity contribution >= 4 is 11.4 Å². The van der Waals surface area contributed by atoms with Gasteiger partial charge in [-0.2, -0.15) is 0 Å². The summed E-state index contributed by atoms with van der Waals surface area (Å²) in [6, 6.07) is 1.59. The quantitative estimate of drug-likeness (QED) is 0.602. The first-order chi connectivity index (χ1) is 7.90. The van der Waals surface area contributed by atoms with Crippen molar-refractivity contribution in [3.05, 3.63) is 28.6 Å². The second-order valence-electron chi connectivity index (χ2n) is 4.55. The SMILES string of the molecule is CC(C)C(C)(CN)Nc1ccncc1[N+](=O)[O-]. The van der Waals surface area contributed by atoms with Crippen LogP contribution in [-0.4, -0.2) is 22.0 Å². The van der Waals surface area contributed by atoms with Crippen LogP contribution in [0.4, 0.5) is 11.4 Å². The van der Waals surface area contributed by atoms with Gasteiger partial charge in [0, 0.05) is 18.3 Å². The molecular weight excluding hydrogens is 220 g/mol. The maximum absolute atomic E-state index is 10.9. The monoisotopic (exact) mass is 238 g/mol. The van der Waals surface area contributed by atoms with E-state index in [4.69, 9.17) is 5.73 Å². The number of hydrogen-bond donors (Lipinski definition) is 2. The standard InChI is InChI=1S/C11H18N4O2/c1-8(2)11(3,7-12)14-9-4-5-13-6-10(9)15(16)17/h4-6,8H,7,12H2,1-3H3,(H,13,14). The minimum Gasteiger partial charge on any atom is -0.373 e. The van der Waals surface area contributed by atoms with E-state index in [1.807, 2.05) is 20.8 Å². The molecule has 0 radical (unpaired) electrons. The van der Waals surface area contributed by atoms with Crippen LogP contribution in [0, 0.1) is 16.0 Å². The molecule has 0 saturated heterocycles. The fraction of sp³-hybridized carbons (Fsp3) is 0.545. The first-order valence-electron chi connectivity index (χ1n) is 5.47. The Kier molecular flexibility index (Phi) is 4.01. The number of aromatic nitrogens is 1. The summed E-state index contributed by atoms with van der Waals surface area (Å²) in [7, 11) is 0. The van der Waals surface area contributed by atoms with Crippen LogP contribution in [0.3, 0.4) is 0 Å². The third-order valence-electron chi connectivity index (χ3n) is 3.12. The van der Waals surface area contributed by atoms with E-state index in [-0.39, 0.29) is 17.1 Å². The molecule has 0 fully saturated rings. The van der Waals surface area contributed by atoms with Crippen molar-refractivity contribution in [3.8, 4) is 0 Å². The zero-order valence-corrected chi connectivity index (χ0v) is 10.3. The Hall–Kier alpha value is -1.69. The van der Waals surface area contributed by atoms with Gasteiger partial charge in [0.25, 0.3) is 0 Å². The molecule has 1 heterocycles. The summed E-state index contributed by atoms with van der Waals surface area (Å²) in [5.41, 5.74) is 5.77. The lowest BCUT2D eigenvalue weighted by Gasteiger charge is -2.34. The molecule has 17 heavy (non-hydrogen) atoms. The van der Waals surface area contributed by atoms with E-state index in [0.29, 0.717) is 12.2 Å². The van der Waals surface area contributed by atoms with Crippen molar-refractivity contribution in [2.24, 2.45) is 11.7 Å². The molecule has 0 amide bonds. The molecule has 0 aliphatic heterocycles. The molecule has 1 rings (SSSR count). The van der Waals surface area contributed by atoms with Crippen LogP contribution in [0.2, 0.25) is 0 Å². The largest absolute Gasteiger partial charge is 0.373 e. The molecular formula is C11H18N4O2. The molecule has 0 saturated carbocycles. The minimum absolute atomic E-state index is 0.0344. The highest BCUT2D eigenvalue weighted by Gasteiger charge is 2.29. The summed E-state index contributed by atoms with van der Waals surface area (Å²) in [6.07, 6.45) is 2.76. The highest BCUT2D eigenvalue weighted by atomic mass is 16.6. The first-order valence-corrected chi connectivity index (χ1v) is 5.47. The zero-order valence-electron chi connectivity index (χ0n) is 10.3. The molecule has 1 unspecified atom stereocenters. The van der Waals surface area contributed by atoms with E-state index in [2.05, 4.69) is 10.3 Å². The number of nitro groups is 1. The van der Waals surface area contributed by atoms with Gasteiger partial charge < -0.3 is 11.1 Å². The van der Waals surface area contributed by atoms with Gasteiger partial charge in [0.1, 0.15) is 11.9 Å². The van der Waals surface area contributed by atoms with Gasteiger partial charge in [-0.1, -0.05) is 13.8 Å². The minimum atomic E-state index is -0.452. The Labute approximate surface area is 100 Å². The van der Waals surface area contributed by atoms with E-state index >= 15 is 0 Å². The summed E-state index contributed by atoms with van der Waals surface area (Å²) >= 11 is 0. The van der Waals surface area contributed by atoms with Crippen LogP contribution in [0.1, 0.15) is 20.8 Å². The van der Waals surface area contributed by atoms with Gasteiger partial charge in [0.05, 0.1) is 4.92 Å². The van der Waals surface area contributed by atoms with E-state index in [9.17, 15) is 10.1 Å². The average molecular weight is 238 g/mol. The number of hydrogen-bond acceptors (Lipinski definition) is 5. The molecule has 94 valence electrons. The third-order valence-corrected chi connectivity index (χ3v) is 3.12. The number of rotatable bonds is 5. The molecule has 0 aliphatic rings. The smallest absolute Gasteiger partial charge is 0.310 e. The number of nitrogens with zero attached hydrogens (tertiary/aromatic N) is 2. The molecule has 1 aromatic rings. The summed E-state index contributed by atoms with van der Waals surface area (Å²) in [5.74, 6) is 0.250. The Morgan fingerprint density at radius 1 is 1.65 bits per heavy atom. The van der Waals surface area contributed by atoms with E-state index in [1.165, 1.54) is 12.4 Å². The Morgan fingerprint density at radius 3 is 2.76 bits per heavy atom. The van der Waals surface area contributed by atoms with Crippen LogP contribution in [0.5, 0.6) is 0 Å². The molecule has 1 aromatic heterocycles. The second kappa shape index (κ2) is 5.09. The molecule has 0 spiro atoms. The maximum Gasteiger partial charge on any atom is 0.310 e. The van der Waals surface area contributed by atoms with Crippen molar-refractivity contribution in [2.75, 3.05) is 11.9 Å². The van der Waals surface area contributed by atoms with Gasteiger partial charge in [-0.25, -0.2) is 0 Å². The van der Waals surface area contributed by atoms with Crippen molar-refractivity contribution < 1.29 is 4.92 Å². The average Bonchev–Trinajstić information content (AvgIpc) is 2.29. The van der Waals surface area contributed by atoms with Crippen LogP contribution < -0.4 is 11.1 Å². The molecule has 3 N–H and O–H groups in total. The van der Waals surface area contributed by atoms with Gasteiger partial charge in [0.2, 0.25) is 0 Å². The summed E-state index contributed by atoms with van der Waals surface area (Å²) in [4.78, 5) is 14.2. The predicted octanol–water partition coefficient (Wildman–Crippen LogP) is 1.78. The zero-order chi connectivity index (χ0) is 13.1. The van der Waals surface area contributed by atoms with Crippen molar-refractivity contribution in [1.82, 2.24) is 4.98 Å². The highest BCUT2D eigenvalue weighted by Crippen LogP contribution is 2.28. The molecule has 6 nitrogen and oxygen atoms in total. The first kappa shape index (κ1) is 13.4. The summed E-state index contributed by atoms with van der Waals surface area (Å²) < 4.78 is 0. The van der Waals surface area contributed by atoms with Crippen LogP contribution >= 0.6 is 0 Å². The van der Waals surface area contributed by atoms with Gasteiger partial charge in [-0.05, 0) is 18.9 Å². The Bertz CT molecular complexity index is 408. The molecule has 6 heteroatoms. The highest BCUT2D eigenvalue weighted by molar-refractivity contribution is 5.61. The second-order valence-corrected chi connectivity index (χ2v) is 4.55. The van der Waals surface area contributed by atoms with E-state index < -0.39 is 4.92 Å². The molecule has 0 bridgehead atoms. The summed E-state index contributed by atoms with van der Waals surface area (Å²) in [6.45, 7) is 6.38. The number of nitrogens with one attached hydrogen (secondary N) is 1. The Balaban J connectivity index is 3.06.